The molecule has 13 nitrogen and oxygen atoms in total. The van der Waals surface area contributed by atoms with E-state index in [9.17, 15) is 39.6 Å². The molecular weight excluding hydrogens is 679 g/mol. The molecule has 1 aliphatic rings. The average molecular weight is 714 g/mol. The Hall–Kier alpha value is -3.51. The van der Waals surface area contributed by atoms with E-state index in [2.05, 4.69) is 15.2 Å². The summed E-state index contributed by atoms with van der Waals surface area (Å²) in [7, 11) is -8.45. The molecular formula is C27H35ClF3N5O8S2. The number of amides is 2. The van der Waals surface area contributed by atoms with Crippen molar-refractivity contribution in [2.45, 2.75) is 82.5 Å². The van der Waals surface area contributed by atoms with Gasteiger partial charge in [0.15, 0.2) is 5.15 Å². The lowest BCUT2D eigenvalue weighted by molar-refractivity contribution is -0.242. The number of aryl methyl sites for hydroxylation is 1. The molecule has 2 unspecified atom stereocenters. The van der Waals surface area contributed by atoms with Crippen LogP contribution in [0.2, 0.25) is 5.15 Å². The van der Waals surface area contributed by atoms with Crippen molar-refractivity contribution in [3.8, 4) is 5.75 Å². The van der Waals surface area contributed by atoms with Crippen LogP contribution in [-0.2, 0) is 36.1 Å². The first-order valence-electron chi connectivity index (χ1n) is 13.8. The van der Waals surface area contributed by atoms with Crippen molar-refractivity contribution in [1.82, 2.24) is 14.5 Å². The van der Waals surface area contributed by atoms with Crippen molar-refractivity contribution in [2.75, 3.05) is 16.2 Å². The maximum atomic E-state index is 13.9. The summed E-state index contributed by atoms with van der Waals surface area (Å²) in [5, 5.41) is 5.81. The topological polar surface area (TPSA) is 166 Å². The number of anilines is 2. The number of alkyl halides is 3. The second kappa shape index (κ2) is 12.9. The highest BCUT2D eigenvalue weighted by Crippen LogP contribution is 2.40. The molecule has 3 rings (SSSR count). The highest BCUT2D eigenvalue weighted by atomic mass is 35.5. The Bertz CT molecular complexity index is 1740. The van der Waals surface area contributed by atoms with E-state index < -0.39 is 60.6 Å². The molecule has 0 saturated carbocycles. The van der Waals surface area contributed by atoms with Crippen molar-refractivity contribution in [1.29, 1.82) is 0 Å². The Morgan fingerprint density at radius 3 is 2.35 bits per heavy atom. The number of hydrogen-bond acceptors (Lipinski definition) is 9. The van der Waals surface area contributed by atoms with E-state index in [1.165, 1.54) is 68.9 Å². The Kier molecular flexibility index (Phi) is 10.4. The molecule has 2 heterocycles. The van der Waals surface area contributed by atoms with Gasteiger partial charge >= 0.3 is 12.3 Å². The summed E-state index contributed by atoms with van der Waals surface area (Å²) in [6.45, 7) is 8.68. The lowest BCUT2D eigenvalue weighted by Crippen LogP contribution is -2.44. The Morgan fingerprint density at radius 1 is 1.17 bits per heavy atom. The van der Waals surface area contributed by atoms with E-state index in [4.69, 9.17) is 16.3 Å². The smallest absolute Gasteiger partial charge is 0.427 e. The van der Waals surface area contributed by atoms with Crippen LogP contribution in [0.15, 0.2) is 41.4 Å². The molecule has 2 N–H and O–H groups in total. The number of hydrogen-bond donors (Lipinski definition) is 2. The molecule has 0 bridgehead atoms. The first-order valence-corrected chi connectivity index (χ1v) is 17.1. The zero-order valence-electron chi connectivity index (χ0n) is 26.0. The summed E-state index contributed by atoms with van der Waals surface area (Å²) >= 11 is 6.17. The van der Waals surface area contributed by atoms with Gasteiger partial charge in [0.25, 0.3) is 10.0 Å². The SMILES string of the molecule is CCn1cc(S(=O)(=O)N2CC(C=CC(C)C(=O)NS(=O)(=O)C(C)(C)C)Oc3ccc(NC(=O)OC(C)(C)C(F)(F)F)cc32)c(Cl)n1. The molecule has 0 spiro atoms. The minimum atomic E-state index is -4.86. The predicted octanol–water partition coefficient (Wildman–Crippen LogP) is 4.84. The number of carbonyl (C=O) groups excluding carboxylic acids is 2. The average Bonchev–Trinajstić information content (AvgIpc) is 3.30. The maximum Gasteiger partial charge on any atom is 0.427 e. The number of benzene rings is 1. The summed E-state index contributed by atoms with van der Waals surface area (Å²) < 4.78 is 106. The molecule has 0 fully saturated rings. The van der Waals surface area contributed by atoms with Crippen molar-refractivity contribution < 1.29 is 49.1 Å². The van der Waals surface area contributed by atoms with Gasteiger partial charge in [0.2, 0.25) is 21.5 Å². The normalized spacial score (nSPS) is 16.8. The summed E-state index contributed by atoms with van der Waals surface area (Å²) in [5.41, 5.74) is -3.02. The summed E-state index contributed by atoms with van der Waals surface area (Å²) in [6.07, 6.45) is -3.35. The fourth-order valence-corrected chi connectivity index (χ4v) is 6.39. The highest BCUT2D eigenvalue weighted by molar-refractivity contribution is 7.93. The number of ether oxygens (including phenoxy) is 2. The maximum absolute atomic E-state index is 13.9. The van der Waals surface area contributed by atoms with Crippen molar-refractivity contribution >= 4 is 55.0 Å². The van der Waals surface area contributed by atoms with Gasteiger partial charge in [-0.05, 0) is 65.8 Å². The van der Waals surface area contributed by atoms with Crippen LogP contribution in [0, 0.1) is 5.92 Å². The lowest BCUT2D eigenvalue weighted by atomic mass is 10.1. The van der Waals surface area contributed by atoms with Crippen molar-refractivity contribution in [3.05, 3.63) is 41.7 Å². The van der Waals surface area contributed by atoms with Gasteiger partial charge in [0.05, 0.1) is 22.9 Å². The van der Waals surface area contributed by atoms with Crippen LogP contribution in [-0.4, -0.2) is 67.8 Å². The van der Waals surface area contributed by atoms with Gasteiger partial charge in [-0.1, -0.05) is 24.6 Å². The third kappa shape index (κ3) is 8.06. The van der Waals surface area contributed by atoms with Crippen LogP contribution in [0.4, 0.5) is 29.3 Å². The lowest BCUT2D eigenvalue weighted by Gasteiger charge is -2.34. The Balaban J connectivity index is 1.97. The molecule has 1 aliphatic heterocycles. The second-order valence-corrected chi connectivity index (χ2v) is 16.4. The van der Waals surface area contributed by atoms with E-state index in [1.807, 2.05) is 4.72 Å². The quantitative estimate of drug-likeness (QED) is 0.346. The monoisotopic (exact) mass is 713 g/mol. The largest absolute Gasteiger partial charge is 0.482 e. The zero-order valence-corrected chi connectivity index (χ0v) is 28.4. The summed E-state index contributed by atoms with van der Waals surface area (Å²) in [4.78, 5) is 24.6. The molecule has 2 atom stereocenters. The summed E-state index contributed by atoms with van der Waals surface area (Å²) in [5.74, 6) is -1.80. The number of sulfonamides is 2. The van der Waals surface area contributed by atoms with E-state index in [0.717, 1.165) is 4.31 Å². The third-order valence-corrected chi connectivity index (χ3v) is 11.0. The predicted molar refractivity (Wildman–Crippen MR) is 164 cm³/mol. The number of fused-ring (bicyclic) bond motifs is 1. The standard InChI is InChI=1S/C27H35ClF3N5O8S2/c1-8-35-15-21(22(28)33-35)45(39,40)36-14-18(11-9-16(2)23(37)34-46(41,42)25(3,4)5)43-20-12-10-17(13-19(20)36)32-24(38)44-26(6,7)27(29,30)31/h9-13,15-16,18H,8,14H2,1-7H3,(H,32,38)(H,34,37). The molecule has 19 heteroatoms. The van der Waals surface area contributed by atoms with Gasteiger partial charge in [-0.2, -0.15) is 18.3 Å². The van der Waals surface area contributed by atoms with Crippen LogP contribution in [0.25, 0.3) is 0 Å². The molecule has 2 amide bonds. The van der Waals surface area contributed by atoms with Crippen LogP contribution < -0.4 is 19.1 Å². The van der Waals surface area contributed by atoms with Gasteiger partial charge in [-0.25, -0.2) is 21.6 Å². The minimum Gasteiger partial charge on any atom is -0.482 e. The fraction of sp³-hybridized carbons (Fsp3) is 0.519. The molecule has 0 radical (unpaired) electrons. The Labute approximate surface area is 270 Å². The van der Waals surface area contributed by atoms with E-state index >= 15 is 0 Å². The van der Waals surface area contributed by atoms with E-state index in [0.29, 0.717) is 20.4 Å². The van der Waals surface area contributed by atoms with Gasteiger partial charge in [-0.3, -0.25) is 23.8 Å². The van der Waals surface area contributed by atoms with Crippen molar-refractivity contribution in [3.63, 3.8) is 0 Å². The molecule has 1 aromatic heterocycles. The molecule has 1 aromatic carbocycles. The van der Waals surface area contributed by atoms with E-state index in [-0.39, 0.29) is 33.7 Å². The van der Waals surface area contributed by atoms with Gasteiger partial charge in [0, 0.05) is 18.4 Å². The zero-order chi connectivity index (χ0) is 35.0. The molecule has 0 aliphatic carbocycles. The van der Waals surface area contributed by atoms with Gasteiger partial charge in [0.1, 0.15) is 16.7 Å². The fourth-order valence-electron chi connectivity index (χ4n) is 3.70. The molecule has 0 saturated heterocycles. The number of halogens is 4. The second-order valence-electron chi connectivity index (χ2n) is 11.8. The number of aromatic nitrogens is 2. The van der Waals surface area contributed by atoms with E-state index in [1.54, 1.807) is 6.92 Å². The van der Waals surface area contributed by atoms with Crippen LogP contribution in [0.3, 0.4) is 0 Å². The highest BCUT2D eigenvalue weighted by Gasteiger charge is 2.51. The molecule has 46 heavy (non-hydrogen) atoms. The van der Waals surface area contributed by atoms with Crippen molar-refractivity contribution in [2.24, 2.45) is 5.92 Å². The first-order chi connectivity index (χ1) is 20.9. The Morgan fingerprint density at radius 2 is 1.80 bits per heavy atom. The number of carbonyl (C=O) groups is 2. The number of rotatable bonds is 9. The van der Waals surface area contributed by atoms with Crippen LogP contribution in [0.5, 0.6) is 5.75 Å². The minimum absolute atomic E-state index is 0.00886. The third-order valence-electron chi connectivity index (χ3n) is 6.78. The molecule has 256 valence electrons. The number of nitrogens with zero attached hydrogens (tertiary/aromatic N) is 3. The van der Waals surface area contributed by atoms with Crippen LogP contribution >= 0.6 is 11.6 Å². The van der Waals surface area contributed by atoms with Gasteiger partial charge < -0.3 is 9.47 Å². The van der Waals surface area contributed by atoms with Crippen LogP contribution in [0.1, 0.15) is 48.5 Å². The first kappa shape index (κ1) is 37.0. The summed E-state index contributed by atoms with van der Waals surface area (Å²) in [6, 6.07) is 3.71. The van der Waals surface area contributed by atoms with Gasteiger partial charge in [-0.15, -0.1) is 0 Å². The molecule has 2 aromatic rings. The number of nitrogens with one attached hydrogen (secondary N) is 2.